The first-order chi connectivity index (χ1) is 11.9. The second kappa shape index (κ2) is 8.53. The molecule has 0 heterocycles. The van der Waals surface area contributed by atoms with E-state index in [2.05, 4.69) is 5.32 Å². The maximum absolute atomic E-state index is 13.6. The quantitative estimate of drug-likeness (QED) is 0.830. The zero-order valence-corrected chi connectivity index (χ0v) is 13.9. The van der Waals surface area contributed by atoms with Crippen LogP contribution in [-0.2, 0) is 4.79 Å². The van der Waals surface area contributed by atoms with Crippen molar-refractivity contribution in [3.8, 4) is 5.75 Å². The van der Waals surface area contributed by atoms with Crippen molar-refractivity contribution < 1.29 is 22.7 Å². The number of benzene rings is 2. The van der Waals surface area contributed by atoms with Crippen LogP contribution < -0.4 is 10.1 Å². The van der Waals surface area contributed by atoms with E-state index >= 15 is 0 Å². The Hall–Kier alpha value is -2.54. The molecule has 1 atom stereocenters. The van der Waals surface area contributed by atoms with Crippen molar-refractivity contribution in [1.82, 2.24) is 4.90 Å². The van der Waals surface area contributed by atoms with E-state index in [0.717, 1.165) is 6.07 Å². The lowest BCUT2D eigenvalue weighted by Crippen LogP contribution is -2.41. The van der Waals surface area contributed by atoms with Crippen molar-refractivity contribution in [3.05, 3.63) is 59.9 Å². The first-order valence-electron chi connectivity index (χ1n) is 7.71. The van der Waals surface area contributed by atoms with E-state index in [4.69, 9.17) is 4.74 Å². The van der Waals surface area contributed by atoms with Gasteiger partial charge in [-0.1, -0.05) is 0 Å². The van der Waals surface area contributed by atoms with Gasteiger partial charge in [0.25, 0.3) is 0 Å². The summed E-state index contributed by atoms with van der Waals surface area (Å²) in [6.45, 7) is 2.39. The lowest BCUT2D eigenvalue weighted by molar-refractivity contribution is -0.120. The monoisotopic (exact) mass is 352 g/mol. The fourth-order valence-electron chi connectivity index (χ4n) is 2.06. The number of carbonyl (C=O) groups excluding carboxylic acids is 1. The van der Waals surface area contributed by atoms with Gasteiger partial charge >= 0.3 is 0 Å². The third-order valence-electron chi connectivity index (χ3n) is 3.76. The number of rotatable bonds is 7. The van der Waals surface area contributed by atoms with E-state index < -0.39 is 23.6 Å². The van der Waals surface area contributed by atoms with Gasteiger partial charge < -0.3 is 10.1 Å². The highest BCUT2D eigenvalue weighted by molar-refractivity contribution is 5.94. The number of carbonyl (C=O) groups is 1. The smallest absolute Gasteiger partial charge is 0.241 e. The number of nitrogens with one attached hydrogen (secondary N) is 1. The molecule has 25 heavy (non-hydrogen) atoms. The highest BCUT2D eigenvalue weighted by Gasteiger charge is 2.19. The summed E-state index contributed by atoms with van der Waals surface area (Å²) in [5, 5.41) is 2.43. The van der Waals surface area contributed by atoms with Crippen LogP contribution in [0.15, 0.2) is 42.5 Å². The van der Waals surface area contributed by atoms with Gasteiger partial charge in [0.15, 0.2) is 0 Å². The van der Waals surface area contributed by atoms with Gasteiger partial charge in [0.05, 0.1) is 11.7 Å². The molecule has 0 fully saturated rings. The molecule has 4 nitrogen and oxygen atoms in total. The van der Waals surface area contributed by atoms with Crippen LogP contribution in [0.1, 0.15) is 6.92 Å². The van der Waals surface area contributed by atoms with Gasteiger partial charge in [0.2, 0.25) is 5.91 Å². The van der Waals surface area contributed by atoms with Crippen LogP contribution in [0.2, 0.25) is 0 Å². The molecule has 134 valence electrons. The van der Waals surface area contributed by atoms with Crippen LogP contribution in [-0.4, -0.2) is 37.0 Å². The maximum atomic E-state index is 13.6. The molecule has 0 aliphatic carbocycles. The molecule has 0 aliphatic heterocycles. The Morgan fingerprint density at radius 1 is 1.12 bits per heavy atom. The first-order valence-corrected chi connectivity index (χ1v) is 7.71. The molecule has 2 aromatic rings. The normalized spacial score (nSPS) is 12.1. The van der Waals surface area contributed by atoms with Crippen LogP contribution >= 0.6 is 0 Å². The Kier molecular flexibility index (Phi) is 6.41. The number of ether oxygens (including phenoxy) is 1. The van der Waals surface area contributed by atoms with Crippen molar-refractivity contribution in [2.45, 2.75) is 13.0 Å². The van der Waals surface area contributed by atoms with E-state index in [1.807, 2.05) is 0 Å². The van der Waals surface area contributed by atoms with Gasteiger partial charge in [-0.15, -0.1) is 0 Å². The van der Waals surface area contributed by atoms with Gasteiger partial charge in [-0.05, 0) is 50.4 Å². The molecular weight excluding hydrogens is 333 g/mol. The Morgan fingerprint density at radius 2 is 1.76 bits per heavy atom. The standard InChI is InChI=1S/C18H19F3N2O2/c1-12(18(24)22-17-8-5-14(20)11-16(17)21)23(2)9-10-25-15-6-3-13(19)4-7-15/h3-8,11-12H,9-10H2,1-2H3,(H,22,24). The second-order valence-corrected chi connectivity index (χ2v) is 5.57. The molecule has 0 saturated heterocycles. The van der Waals surface area contributed by atoms with Gasteiger partial charge in [0.1, 0.15) is 29.8 Å². The molecule has 7 heteroatoms. The van der Waals surface area contributed by atoms with Crippen molar-refractivity contribution >= 4 is 11.6 Å². The minimum absolute atomic E-state index is 0.0748. The summed E-state index contributed by atoms with van der Waals surface area (Å²) >= 11 is 0. The summed E-state index contributed by atoms with van der Waals surface area (Å²) in [5.74, 6) is -1.78. The van der Waals surface area contributed by atoms with Crippen molar-refractivity contribution in [2.75, 3.05) is 25.5 Å². The molecule has 0 aromatic heterocycles. The Morgan fingerprint density at radius 3 is 2.40 bits per heavy atom. The van der Waals surface area contributed by atoms with E-state index in [9.17, 15) is 18.0 Å². The largest absolute Gasteiger partial charge is 0.492 e. The third kappa shape index (κ3) is 5.49. The van der Waals surface area contributed by atoms with Crippen molar-refractivity contribution in [1.29, 1.82) is 0 Å². The van der Waals surface area contributed by atoms with E-state index in [1.54, 1.807) is 18.9 Å². The molecule has 0 aliphatic rings. The molecule has 2 aromatic carbocycles. The Labute approximate surface area is 144 Å². The Balaban J connectivity index is 1.82. The zero-order chi connectivity index (χ0) is 18.4. The van der Waals surface area contributed by atoms with E-state index in [1.165, 1.54) is 30.3 Å². The lowest BCUT2D eigenvalue weighted by atomic mass is 10.2. The fourth-order valence-corrected chi connectivity index (χ4v) is 2.06. The molecule has 1 N–H and O–H groups in total. The summed E-state index contributed by atoms with van der Waals surface area (Å²) in [5.41, 5.74) is -0.0748. The van der Waals surface area contributed by atoms with Crippen LogP contribution in [0.4, 0.5) is 18.9 Å². The summed E-state index contributed by atoms with van der Waals surface area (Å²) < 4.78 is 44.7. The number of hydrogen-bond donors (Lipinski definition) is 1. The molecule has 2 rings (SSSR count). The number of amides is 1. The maximum Gasteiger partial charge on any atom is 0.241 e. The Bertz CT molecular complexity index is 723. The van der Waals surface area contributed by atoms with Crippen LogP contribution in [0.5, 0.6) is 5.75 Å². The van der Waals surface area contributed by atoms with Gasteiger partial charge in [-0.25, -0.2) is 13.2 Å². The topological polar surface area (TPSA) is 41.6 Å². The summed E-state index contributed by atoms with van der Waals surface area (Å²) in [7, 11) is 1.72. The van der Waals surface area contributed by atoms with E-state index in [0.29, 0.717) is 25.0 Å². The minimum atomic E-state index is -0.831. The highest BCUT2D eigenvalue weighted by atomic mass is 19.1. The lowest BCUT2D eigenvalue weighted by Gasteiger charge is -2.24. The number of likely N-dealkylation sites (N-methyl/N-ethyl adjacent to an activating group) is 1. The zero-order valence-electron chi connectivity index (χ0n) is 13.9. The predicted octanol–water partition coefficient (Wildman–Crippen LogP) is 3.44. The number of nitrogens with zero attached hydrogens (tertiary/aromatic N) is 1. The molecule has 0 spiro atoms. The summed E-state index contributed by atoms with van der Waals surface area (Å²) in [4.78, 5) is 13.9. The van der Waals surface area contributed by atoms with Crippen molar-refractivity contribution in [3.63, 3.8) is 0 Å². The summed E-state index contributed by atoms with van der Waals surface area (Å²) in [6, 6.07) is 8.03. The van der Waals surface area contributed by atoms with Crippen molar-refractivity contribution in [2.24, 2.45) is 0 Å². The van der Waals surface area contributed by atoms with Gasteiger partial charge in [-0.3, -0.25) is 9.69 Å². The molecular formula is C18H19F3N2O2. The van der Waals surface area contributed by atoms with Crippen LogP contribution in [0.3, 0.4) is 0 Å². The first kappa shape index (κ1) is 18.8. The second-order valence-electron chi connectivity index (χ2n) is 5.57. The highest BCUT2D eigenvalue weighted by Crippen LogP contribution is 2.16. The predicted molar refractivity (Wildman–Crippen MR) is 89.0 cm³/mol. The molecule has 0 radical (unpaired) electrons. The van der Waals surface area contributed by atoms with Crippen LogP contribution in [0, 0.1) is 17.5 Å². The van der Waals surface area contributed by atoms with Gasteiger partial charge in [-0.2, -0.15) is 0 Å². The molecule has 1 unspecified atom stereocenters. The van der Waals surface area contributed by atoms with Crippen LogP contribution in [0.25, 0.3) is 0 Å². The molecule has 0 bridgehead atoms. The number of hydrogen-bond acceptors (Lipinski definition) is 3. The average molecular weight is 352 g/mol. The summed E-state index contributed by atoms with van der Waals surface area (Å²) in [6.07, 6.45) is 0. The third-order valence-corrected chi connectivity index (χ3v) is 3.76. The fraction of sp³-hybridized carbons (Fsp3) is 0.278. The number of anilines is 1. The average Bonchev–Trinajstić information content (AvgIpc) is 2.58. The van der Waals surface area contributed by atoms with Gasteiger partial charge in [0, 0.05) is 12.6 Å². The minimum Gasteiger partial charge on any atom is -0.492 e. The SMILES string of the molecule is CC(C(=O)Nc1ccc(F)cc1F)N(C)CCOc1ccc(F)cc1. The van der Waals surface area contributed by atoms with E-state index in [-0.39, 0.29) is 11.5 Å². The molecule has 0 saturated carbocycles. The molecule has 1 amide bonds. The number of halogens is 3.